The fraction of sp³-hybridized carbons (Fsp3) is 0.367. The quantitative estimate of drug-likeness (QED) is 0.202. The van der Waals surface area contributed by atoms with E-state index >= 15 is 0 Å². The number of ether oxygens (including phenoxy) is 2. The minimum Gasteiger partial charge on any atom is -0.508 e. The van der Waals surface area contributed by atoms with Crippen LogP contribution in [0.5, 0.6) is 23.0 Å². The molecule has 0 aromatic heterocycles. The van der Waals surface area contributed by atoms with Crippen molar-refractivity contribution in [1.29, 1.82) is 0 Å². The Bertz CT molecular complexity index is 1150. The standard InChI is InChI=1S/C30H34O6/c1-2-3-4-5-6-7-8-11-18-35-29(33)23-12-9-10-13-24(23)30(34)25-16-14-21(31)19-27(25)36-28-20-22(32)15-17-26(28)30/h9-10,12-17,19-20,31-32,34H,2-8,11,18H2,1H3. The van der Waals surface area contributed by atoms with Crippen molar-refractivity contribution in [1.82, 2.24) is 0 Å². The van der Waals surface area contributed by atoms with Gasteiger partial charge in [-0.3, -0.25) is 0 Å². The van der Waals surface area contributed by atoms with Crippen LogP contribution in [0.1, 0.15) is 85.3 Å². The number of esters is 1. The number of hydrogen-bond acceptors (Lipinski definition) is 6. The number of rotatable bonds is 11. The monoisotopic (exact) mass is 490 g/mol. The van der Waals surface area contributed by atoms with Crippen LogP contribution in [0.2, 0.25) is 0 Å². The molecule has 6 nitrogen and oxygen atoms in total. The molecule has 0 unspecified atom stereocenters. The van der Waals surface area contributed by atoms with Crippen LogP contribution in [0.4, 0.5) is 0 Å². The van der Waals surface area contributed by atoms with Crippen molar-refractivity contribution >= 4 is 5.97 Å². The number of phenols is 2. The van der Waals surface area contributed by atoms with Gasteiger partial charge in [0.05, 0.1) is 12.2 Å². The molecule has 0 radical (unpaired) electrons. The Kier molecular flexibility index (Phi) is 8.16. The highest BCUT2D eigenvalue weighted by molar-refractivity contribution is 5.92. The average molecular weight is 491 g/mol. The lowest BCUT2D eigenvalue weighted by Gasteiger charge is -2.37. The zero-order chi connectivity index (χ0) is 25.5. The van der Waals surface area contributed by atoms with Gasteiger partial charge in [-0.2, -0.15) is 0 Å². The Balaban J connectivity index is 1.55. The summed E-state index contributed by atoms with van der Waals surface area (Å²) in [5.41, 5.74) is -0.422. The van der Waals surface area contributed by atoms with Crippen molar-refractivity contribution in [3.63, 3.8) is 0 Å². The predicted octanol–water partition coefficient (Wildman–Crippen LogP) is 6.79. The van der Waals surface area contributed by atoms with Crippen LogP contribution in [0.3, 0.4) is 0 Å². The first-order chi connectivity index (χ1) is 17.4. The second kappa shape index (κ2) is 11.5. The minimum absolute atomic E-state index is 0.0299. The Hall–Kier alpha value is -3.51. The van der Waals surface area contributed by atoms with Gasteiger partial charge in [0, 0.05) is 28.8 Å². The van der Waals surface area contributed by atoms with Gasteiger partial charge in [0.2, 0.25) is 0 Å². The molecule has 1 aliphatic heterocycles. The summed E-state index contributed by atoms with van der Waals surface area (Å²) in [6.45, 7) is 2.53. The molecule has 190 valence electrons. The number of carbonyl (C=O) groups excluding carboxylic acids is 1. The molecule has 3 aromatic carbocycles. The van der Waals surface area contributed by atoms with Crippen molar-refractivity contribution in [3.8, 4) is 23.0 Å². The number of carbonyl (C=O) groups is 1. The molecule has 1 aliphatic rings. The van der Waals surface area contributed by atoms with Crippen LogP contribution in [-0.4, -0.2) is 27.9 Å². The van der Waals surface area contributed by atoms with Gasteiger partial charge in [-0.1, -0.05) is 70.1 Å². The maximum absolute atomic E-state index is 13.1. The van der Waals surface area contributed by atoms with Gasteiger partial charge in [-0.05, 0) is 36.8 Å². The van der Waals surface area contributed by atoms with Gasteiger partial charge in [-0.15, -0.1) is 0 Å². The van der Waals surface area contributed by atoms with E-state index in [-0.39, 0.29) is 28.6 Å². The van der Waals surface area contributed by atoms with E-state index in [1.807, 2.05) is 0 Å². The van der Waals surface area contributed by atoms with Crippen LogP contribution < -0.4 is 4.74 Å². The Labute approximate surface area is 212 Å². The lowest BCUT2D eigenvalue weighted by Crippen LogP contribution is -2.34. The van der Waals surface area contributed by atoms with Crippen molar-refractivity contribution in [2.75, 3.05) is 6.61 Å². The first-order valence-corrected chi connectivity index (χ1v) is 12.8. The number of benzene rings is 3. The number of phenolic OH excluding ortho intramolecular Hbond substituents is 2. The number of fused-ring (bicyclic) bond motifs is 2. The molecule has 0 bridgehead atoms. The molecule has 0 atom stereocenters. The van der Waals surface area contributed by atoms with Gasteiger partial charge in [0.1, 0.15) is 28.6 Å². The van der Waals surface area contributed by atoms with Crippen molar-refractivity contribution < 1.29 is 29.6 Å². The van der Waals surface area contributed by atoms with E-state index in [0.29, 0.717) is 23.3 Å². The fourth-order valence-electron chi connectivity index (χ4n) is 4.80. The second-order valence-corrected chi connectivity index (χ2v) is 9.33. The van der Waals surface area contributed by atoms with Crippen LogP contribution in [0.15, 0.2) is 60.7 Å². The molecule has 0 fully saturated rings. The summed E-state index contributed by atoms with van der Waals surface area (Å²) in [6.07, 6.45) is 9.19. The molecular formula is C30H34O6. The SMILES string of the molecule is CCCCCCCCCCOC(=O)c1ccccc1C1(O)c2ccc(O)cc2Oc2cc(O)ccc21. The summed E-state index contributed by atoms with van der Waals surface area (Å²) >= 11 is 0. The van der Waals surface area contributed by atoms with Crippen LogP contribution >= 0.6 is 0 Å². The number of aliphatic hydroxyl groups is 1. The van der Waals surface area contributed by atoms with Crippen LogP contribution in [0, 0.1) is 0 Å². The summed E-state index contributed by atoms with van der Waals surface area (Å²) in [6, 6.07) is 15.7. The molecule has 36 heavy (non-hydrogen) atoms. The summed E-state index contributed by atoms with van der Waals surface area (Å²) in [5.74, 6) is -0.0972. The first kappa shape index (κ1) is 25.6. The first-order valence-electron chi connectivity index (χ1n) is 12.8. The van der Waals surface area contributed by atoms with Gasteiger partial charge in [0.15, 0.2) is 0 Å². The predicted molar refractivity (Wildman–Crippen MR) is 138 cm³/mol. The highest BCUT2D eigenvalue weighted by Crippen LogP contribution is 2.52. The molecule has 0 aliphatic carbocycles. The zero-order valence-corrected chi connectivity index (χ0v) is 20.7. The van der Waals surface area contributed by atoms with Crippen molar-refractivity contribution in [2.45, 2.75) is 63.9 Å². The highest BCUT2D eigenvalue weighted by Gasteiger charge is 2.44. The molecular weight excluding hydrogens is 456 g/mol. The third-order valence-corrected chi connectivity index (χ3v) is 6.70. The zero-order valence-electron chi connectivity index (χ0n) is 20.7. The molecule has 6 heteroatoms. The van der Waals surface area contributed by atoms with Gasteiger partial charge >= 0.3 is 5.97 Å². The maximum Gasteiger partial charge on any atom is 0.338 e. The number of hydrogen-bond donors (Lipinski definition) is 3. The Morgan fingerprint density at radius 3 is 1.94 bits per heavy atom. The van der Waals surface area contributed by atoms with E-state index < -0.39 is 11.6 Å². The molecule has 0 saturated carbocycles. The summed E-state index contributed by atoms with van der Waals surface area (Å²) in [4.78, 5) is 13.1. The minimum atomic E-state index is -1.77. The summed E-state index contributed by atoms with van der Waals surface area (Å²) in [7, 11) is 0. The largest absolute Gasteiger partial charge is 0.508 e. The topological polar surface area (TPSA) is 96.2 Å². The Morgan fingerprint density at radius 2 is 1.33 bits per heavy atom. The normalized spacial score (nSPS) is 13.4. The highest BCUT2D eigenvalue weighted by atomic mass is 16.5. The lowest BCUT2D eigenvalue weighted by molar-refractivity contribution is 0.0481. The third-order valence-electron chi connectivity index (χ3n) is 6.70. The van der Waals surface area contributed by atoms with Gasteiger partial charge in [-0.25, -0.2) is 4.79 Å². The smallest absolute Gasteiger partial charge is 0.338 e. The molecule has 0 saturated heterocycles. The fourth-order valence-corrected chi connectivity index (χ4v) is 4.80. The molecule has 0 amide bonds. The second-order valence-electron chi connectivity index (χ2n) is 9.33. The molecule has 0 spiro atoms. The molecule has 1 heterocycles. The third kappa shape index (κ3) is 5.34. The van der Waals surface area contributed by atoms with E-state index in [2.05, 4.69) is 6.92 Å². The van der Waals surface area contributed by atoms with Gasteiger partial charge < -0.3 is 24.8 Å². The molecule has 4 rings (SSSR count). The van der Waals surface area contributed by atoms with E-state index in [1.165, 1.54) is 56.4 Å². The van der Waals surface area contributed by atoms with E-state index in [1.54, 1.807) is 36.4 Å². The summed E-state index contributed by atoms with van der Waals surface area (Å²) in [5, 5.41) is 32.2. The van der Waals surface area contributed by atoms with Crippen LogP contribution in [0.25, 0.3) is 0 Å². The number of aromatic hydroxyl groups is 2. The Morgan fingerprint density at radius 1 is 0.778 bits per heavy atom. The number of unbranched alkanes of at least 4 members (excludes halogenated alkanes) is 7. The van der Waals surface area contributed by atoms with Crippen LogP contribution in [-0.2, 0) is 10.3 Å². The van der Waals surface area contributed by atoms with E-state index in [0.717, 1.165) is 19.3 Å². The van der Waals surface area contributed by atoms with Crippen molar-refractivity contribution in [2.24, 2.45) is 0 Å². The van der Waals surface area contributed by atoms with E-state index in [4.69, 9.17) is 9.47 Å². The summed E-state index contributed by atoms with van der Waals surface area (Å²) < 4.78 is 11.5. The van der Waals surface area contributed by atoms with Gasteiger partial charge in [0.25, 0.3) is 0 Å². The van der Waals surface area contributed by atoms with Crippen molar-refractivity contribution in [3.05, 3.63) is 82.9 Å². The lowest BCUT2D eigenvalue weighted by atomic mass is 9.76. The molecule has 3 aromatic rings. The molecule has 3 N–H and O–H groups in total. The average Bonchev–Trinajstić information content (AvgIpc) is 2.87. The van der Waals surface area contributed by atoms with E-state index in [9.17, 15) is 20.1 Å². The maximum atomic E-state index is 13.1.